The highest BCUT2D eigenvalue weighted by Gasteiger charge is 2.32. The Morgan fingerprint density at radius 1 is 0.966 bits per heavy atom. The van der Waals surface area contributed by atoms with Gasteiger partial charge in [-0.15, -0.1) is 37.1 Å². The Labute approximate surface area is 178 Å². The first-order valence-electron chi connectivity index (χ1n) is 7.72. The summed E-state index contributed by atoms with van der Waals surface area (Å²) in [7, 11) is 0. The molecule has 160 valence electrons. The highest BCUT2D eigenvalue weighted by molar-refractivity contribution is 14.0. The Balaban J connectivity index is 0.00000420. The summed E-state index contributed by atoms with van der Waals surface area (Å²) < 4.78 is 81.9. The van der Waals surface area contributed by atoms with Gasteiger partial charge in [0, 0.05) is 0 Å². The highest BCUT2D eigenvalue weighted by atomic mass is 127. The number of benzene rings is 2. The lowest BCUT2D eigenvalue weighted by atomic mass is 10.2. The molecule has 0 bridgehead atoms. The second-order valence-corrected chi connectivity index (χ2v) is 5.42. The van der Waals surface area contributed by atoms with Crippen LogP contribution in [0.25, 0.3) is 0 Å². The summed E-state index contributed by atoms with van der Waals surface area (Å²) in [4.78, 5) is 3.97. The fourth-order valence-electron chi connectivity index (χ4n) is 1.99. The molecule has 0 aliphatic heterocycles. The molecule has 0 radical (unpaired) electrons. The van der Waals surface area contributed by atoms with E-state index in [1.54, 1.807) is 0 Å². The van der Waals surface area contributed by atoms with Crippen LogP contribution in [0.3, 0.4) is 0 Å². The average Bonchev–Trinajstić information content (AvgIpc) is 2.59. The van der Waals surface area contributed by atoms with Crippen LogP contribution >= 0.6 is 24.0 Å². The molecule has 0 aromatic heterocycles. The van der Waals surface area contributed by atoms with Gasteiger partial charge in [-0.25, -0.2) is 4.99 Å². The molecule has 0 amide bonds. The highest BCUT2D eigenvalue weighted by Crippen LogP contribution is 2.29. The van der Waals surface area contributed by atoms with Crippen LogP contribution < -0.4 is 20.5 Å². The number of alkyl halides is 6. The Hall–Kier alpha value is -2.38. The number of para-hydroxylation sites is 2. The van der Waals surface area contributed by atoms with Crippen molar-refractivity contribution in [3.8, 4) is 11.5 Å². The Morgan fingerprint density at radius 3 is 2.17 bits per heavy atom. The second kappa shape index (κ2) is 10.4. The molecular formula is C17H16F6IN3O2. The first-order valence-corrected chi connectivity index (χ1v) is 7.72. The molecule has 0 atom stereocenters. The molecule has 2 aromatic carbocycles. The van der Waals surface area contributed by atoms with Crippen LogP contribution in [-0.4, -0.2) is 25.1 Å². The molecule has 0 aliphatic rings. The van der Waals surface area contributed by atoms with Gasteiger partial charge >= 0.3 is 12.5 Å². The van der Waals surface area contributed by atoms with Gasteiger partial charge in [0.05, 0.1) is 12.2 Å². The zero-order chi connectivity index (χ0) is 20.8. The first kappa shape index (κ1) is 24.7. The molecule has 2 rings (SSSR count). The van der Waals surface area contributed by atoms with Gasteiger partial charge in [0.2, 0.25) is 0 Å². The summed E-state index contributed by atoms with van der Waals surface area (Å²) in [5.74, 6) is -0.607. The largest absolute Gasteiger partial charge is 0.573 e. The molecule has 5 nitrogen and oxygen atoms in total. The third-order valence-corrected chi connectivity index (χ3v) is 3.13. The summed E-state index contributed by atoms with van der Waals surface area (Å²) in [6, 6.07) is 10.9. The van der Waals surface area contributed by atoms with Crippen LogP contribution in [0.2, 0.25) is 0 Å². The number of rotatable bonds is 6. The summed E-state index contributed by atoms with van der Waals surface area (Å²) >= 11 is 0. The third-order valence-electron chi connectivity index (χ3n) is 3.13. The lowest BCUT2D eigenvalue weighted by Gasteiger charge is -2.14. The third kappa shape index (κ3) is 9.58. The van der Waals surface area contributed by atoms with Crippen LogP contribution in [0.4, 0.5) is 32.0 Å². The van der Waals surface area contributed by atoms with Gasteiger partial charge in [-0.3, -0.25) is 0 Å². The Kier molecular flexibility index (Phi) is 8.85. The number of hydrogen-bond donors (Lipinski definition) is 2. The lowest BCUT2D eigenvalue weighted by Crippen LogP contribution is -2.24. The number of ether oxygens (including phenoxy) is 2. The molecule has 0 fully saturated rings. The number of aliphatic imine (C=N–C) groups is 1. The van der Waals surface area contributed by atoms with Crippen molar-refractivity contribution in [2.45, 2.75) is 19.1 Å². The summed E-state index contributed by atoms with van der Waals surface area (Å²) in [5.41, 5.74) is 6.23. The molecule has 0 spiro atoms. The molecule has 3 N–H and O–H groups in total. The van der Waals surface area contributed by atoms with E-state index in [0.29, 0.717) is 5.56 Å². The van der Waals surface area contributed by atoms with Crippen molar-refractivity contribution in [1.29, 1.82) is 0 Å². The molecular weight excluding hydrogens is 519 g/mol. The minimum absolute atomic E-state index is 0. The number of halogens is 7. The van der Waals surface area contributed by atoms with Crippen LogP contribution in [0, 0.1) is 0 Å². The zero-order valence-corrected chi connectivity index (χ0v) is 16.9. The van der Waals surface area contributed by atoms with Gasteiger partial charge < -0.3 is 20.5 Å². The number of guanidine groups is 1. The Morgan fingerprint density at radius 2 is 1.59 bits per heavy atom. The molecule has 29 heavy (non-hydrogen) atoms. The maximum absolute atomic E-state index is 12.4. The summed E-state index contributed by atoms with van der Waals surface area (Å²) in [6.45, 7) is -1.36. The van der Waals surface area contributed by atoms with Crippen molar-refractivity contribution in [2.75, 3.05) is 11.9 Å². The van der Waals surface area contributed by atoms with E-state index in [2.05, 4.69) is 19.8 Å². The van der Waals surface area contributed by atoms with Crippen LogP contribution in [-0.2, 0) is 6.54 Å². The number of hydrogen-bond acceptors (Lipinski definition) is 3. The van der Waals surface area contributed by atoms with Crippen molar-refractivity contribution in [1.82, 2.24) is 0 Å². The molecule has 0 saturated heterocycles. The minimum atomic E-state index is -4.86. The van der Waals surface area contributed by atoms with Crippen molar-refractivity contribution in [3.63, 3.8) is 0 Å². The normalized spacial score (nSPS) is 12.1. The van der Waals surface area contributed by atoms with Crippen LogP contribution in [0.1, 0.15) is 5.56 Å². The van der Waals surface area contributed by atoms with Gasteiger partial charge in [0.15, 0.2) is 18.3 Å². The minimum Gasteiger partial charge on any atom is -0.484 e. The molecule has 0 aliphatic carbocycles. The standard InChI is InChI=1S/C17H15F6N3O2.HI/c18-16(19,20)10-27-12-7-5-11(6-8-12)9-25-15(24)26-13-3-1-2-4-14(13)28-17(21,22)23;/h1-8H,9-10H2,(H3,24,25,26);1H. The topological polar surface area (TPSA) is 68.9 Å². The predicted octanol–water partition coefficient (Wildman–Crippen LogP) is 5.07. The second-order valence-electron chi connectivity index (χ2n) is 5.42. The summed E-state index contributed by atoms with van der Waals surface area (Å²) in [6.07, 6.45) is -9.30. The molecule has 0 unspecified atom stereocenters. The van der Waals surface area contributed by atoms with Crippen molar-refractivity contribution in [3.05, 3.63) is 54.1 Å². The number of nitrogens with zero attached hydrogens (tertiary/aromatic N) is 1. The number of nitrogens with two attached hydrogens (primary N) is 1. The Bertz CT molecular complexity index is 810. The van der Waals surface area contributed by atoms with E-state index in [1.165, 1.54) is 42.5 Å². The van der Waals surface area contributed by atoms with E-state index in [1.807, 2.05) is 0 Å². The van der Waals surface area contributed by atoms with Crippen LogP contribution in [0.15, 0.2) is 53.5 Å². The SMILES string of the molecule is I.NC(=NCc1ccc(OCC(F)(F)F)cc1)Nc1ccccc1OC(F)(F)F. The fraction of sp³-hybridized carbons (Fsp3) is 0.235. The first-order chi connectivity index (χ1) is 13.0. The molecule has 0 saturated carbocycles. The maximum Gasteiger partial charge on any atom is 0.573 e. The molecule has 0 heterocycles. The van der Waals surface area contributed by atoms with E-state index in [4.69, 9.17) is 5.73 Å². The maximum atomic E-state index is 12.4. The zero-order valence-electron chi connectivity index (χ0n) is 14.6. The van der Waals surface area contributed by atoms with E-state index < -0.39 is 24.9 Å². The van der Waals surface area contributed by atoms with E-state index >= 15 is 0 Å². The van der Waals surface area contributed by atoms with E-state index in [9.17, 15) is 26.3 Å². The monoisotopic (exact) mass is 535 g/mol. The smallest absolute Gasteiger partial charge is 0.484 e. The summed E-state index contributed by atoms with van der Waals surface area (Å²) in [5, 5.41) is 2.50. The quantitative estimate of drug-likeness (QED) is 0.235. The number of nitrogens with one attached hydrogen (secondary N) is 1. The lowest BCUT2D eigenvalue weighted by molar-refractivity contribution is -0.274. The van der Waals surface area contributed by atoms with Gasteiger partial charge in [-0.05, 0) is 29.8 Å². The van der Waals surface area contributed by atoms with E-state index in [-0.39, 0.29) is 47.9 Å². The van der Waals surface area contributed by atoms with Crippen LogP contribution in [0.5, 0.6) is 11.5 Å². The fourth-order valence-corrected chi connectivity index (χ4v) is 1.99. The van der Waals surface area contributed by atoms with Crippen molar-refractivity contribution >= 4 is 35.6 Å². The molecule has 2 aromatic rings. The average molecular weight is 535 g/mol. The number of anilines is 1. The van der Waals surface area contributed by atoms with Gasteiger partial charge in [-0.1, -0.05) is 24.3 Å². The van der Waals surface area contributed by atoms with E-state index in [0.717, 1.165) is 6.07 Å². The van der Waals surface area contributed by atoms with Crippen molar-refractivity contribution < 1.29 is 35.8 Å². The predicted molar refractivity (Wildman–Crippen MR) is 105 cm³/mol. The van der Waals surface area contributed by atoms with Crippen molar-refractivity contribution in [2.24, 2.45) is 10.7 Å². The van der Waals surface area contributed by atoms with Gasteiger partial charge in [0.25, 0.3) is 0 Å². The van der Waals surface area contributed by atoms with Gasteiger partial charge in [-0.2, -0.15) is 13.2 Å². The molecule has 12 heteroatoms. The van der Waals surface area contributed by atoms with Gasteiger partial charge in [0.1, 0.15) is 5.75 Å².